The van der Waals surface area contributed by atoms with E-state index in [0.717, 1.165) is 0 Å². The fourth-order valence-corrected chi connectivity index (χ4v) is 2.85. The normalized spacial score (nSPS) is 13.5. The van der Waals surface area contributed by atoms with Gasteiger partial charge in [-0.15, -0.1) is 11.6 Å². The summed E-state index contributed by atoms with van der Waals surface area (Å²) in [7, 11) is 3.04. The van der Waals surface area contributed by atoms with Crippen molar-refractivity contribution in [3.05, 3.63) is 29.8 Å². The Morgan fingerprint density at radius 2 is 2.13 bits per heavy atom. The van der Waals surface area contributed by atoms with Crippen molar-refractivity contribution in [1.82, 2.24) is 0 Å². The predicted octanol–water partition coefficient (Wildman–Crippen LogP) is 2.54. The molecule has 0 radical (unpaired) electrons. The molecule has 0 saturated carbocycles. The standard InChI is InChI=1S/C9H10Cl2O3S/c1-14-8-4-2-3-7(5-8)9(10)6-15(11,12)13/h2-5,9H,6H2,1H3. The molecule has 0 aliphatic rings. The van der Waals surface area contributed by atoms with Gasteiger partial charge in [0.05, 0.1) is 18.2 Å². The molecule has 1 atom stereocenters. The molecule has 0 N–H and O–H groups in total. The maximum Gasteiger partial charge on any atom is 0.234 e. The molecule has 0 saturated heterocycles. The zero-order valence-corrected chi connectivity index (χ0v) is 10.3. The minimum atomic E-state index is -3.59. The van der Waals surface area contributed by atoms with Gasteiger partial charge in [0, 0.05) is 10.7 Å². The van der Waals surface area contributed by atoms with Gasteiger partial charge in [-0.2, -0.15) is 0 Å². The van der Waals surface area contributed by atoms with E-state index in [1.165, 1.54) is 7.11 Å². The molecule has 0 aliphatic heterocycles. The van der Waals surface area contributed by atoms with E-state index < -0.39 is 14.4 Å². The predicted molar refractivity (Wildman–Crippen MR) is 61.2 cm³/mol. The number of methoxy groups -OCH3 is 1. The molecule has 0 aromatic heterocycles. The molecule has 3 nitrogen and oxygen atoms in total. The number of hydrogen-bond donors (Lipinski definition) is 0. The van der Waals surface area contributed by atoms with E-state index in [9.17, 15) is 8.42 Å². The highest BCUT2D eigenvalue weighted by Gasteiger charge is 2.16. The number of alkyl halides is 1. The van der Waals surface area contributed by atoms with Gasteiger partial charge in [-0.1, -0.05) is 12.1 Å². The lowest BCUT2D eigenvalue weighted by molar-refractivity contribution is 0.414. The van der Waals surface area contributed by atoms with Gasteiger partial charge < -0.3 is 4.74 Å². The van der Waals surface area contributed by atoms with Crippen LogP contribution in [-0.2, 0) is 9.05 Å². The van der Waals surface area contributed by atoms with Gasteiger partial charge in [0.2, 0.25) is 9.05 Å². The Morgan fingerprint density at radius 1 is 1.47 bits per heavy atom. The van der Waals surface area contributed by atoms with Crippen molar-refractivity contribution in [2.45, 2.75) is 5.38 Å². The monoisotopic (exact) mass is 268 g/mol. The van der Waals surface area contributed by atoms with Gasteiger partial charge in [0.25, 0.3) is 0 Å². The van der Waals surface area contributed by atoms with Gasteiger partial charge in [-0.3, -0.25) is 0 Å². The van der Waals surface area contributed by atoms with Gasteiger partial charge >= 0.3 is 0 Å². The second-order valence-electron chi connectivity index (χ2n) is 2.95. The Bertz CT molecular complexity index is 431. The molecular weight excluding hydrogens is 259 g/mol. The molecule has 1 unspecified atom stereocenters. The largest absolute Gasteiger partial charge is 0.497 e. The lowest BCUT2D eigenvalue weighted by Crippen LogP contribution is -2.04. The molecule has 0 heterocycles. The summed E-state index contributed by atoms with van der Waals surface area (Å²) in [6.07, 6.45) is 0. The highest BCUT2D eigenvalue weighted by molar-refractivity contribution is 8.13. The number of benzene rings is 1. The van der Waals surface area contributed by atoms with E-state index in [2.05, 4.69) is 0 Å². The van der Waals surface area contributed by atoms with Crippen LogP contribution >= 0.6 is 22.3 Å². The van der Waals surface area contributed by atoms with Crippen LogP contribution < -0.4 is 4.74 Å². The zero-order valence-electron chi connectivity index (χ0n) is 7.98. The Balaban J connectivity index is 2.86. The van der Waals surface area contributed by atoms with Crippen LogP contribution in [0.2, 0.25) is 0 Å². The first-order valence-electron chi connectivity index (χ1n) is 4.13. The van der Waals surface area contributed by atoms with E-state index >= 15 is 0 Å². The van der Waals surface area contributed by atoms with Crippen molar-refractivity contribution in [1.29, 1.82) is 0 Å². The number of hydrogen-bond acceptors (Lipinski definition) is 3. The van der Waals surface area contributed by atoms with Gasteiger partial charge in [0.15, 0.2) is 0 Å². The summed E-state index contributed by atoms with van der Waals surface area (Å²) >= 11 is 5.90. The van der Waals surface area contributed by atoms with Crippen LogP contribution in [0.25, 0.3) is 0 Å². The third-order valence-electron chi connectivity index (χ3n) is 1.80. The van der Waals surface area contributed by atoms with E-state index in [0.29, 0.717) is 11.3 Å². The molecular formula is C9H10Cl2O3S. The summed E-state index contributed by atoms with van der Waals surface area (Å²) in [5, 5.41) is -0.664. The third kappa shape index (κ3) is 4.28. The summed E-state index contributed by atoms with van der Waals surface area (Å²) in [6.45, 7) is 0. The van der Waals surface area contributed by atoms with Crippen molar-refractivity contribution in [3.8, 4) is 5.75 Å². The Labute approximate surface area is 98.4 Å². The van der Waals surface area contributed by atoms with Crippen LogP contribution in [0.5, 0.6) is 5.75 Å². The van der Waals surface area contributed by atoms with Crippen molar-refractivity contribution >= 4 is 31.3 Å². The first kappa shape index (κ1) is 12.6. The number of ether oxygens (including phenoxy) is 1. The quantitative estimate of drug-likeness (QED) is 0.623. The van der Waals surface area contributed by atoms with Crippen LogP contribution in [0.3, 0.4) is 0 Å². The lowest BCUT2D eigenvalue weighted by atomic mass is 10.1. The van der Waals surface area contributed by atoms with Gasteiger partial charge in [0.1, 0.15) is 5.75 Å². The minimum Gasteiger partial charge on any atom is -0.497 e. The maximum atomic E-state index is 10.8. The van der Waals surface area contributed by atoms with Gasteiger partial charge in [-0.25, -0.2) is 8.42 Å². The average Bonchev–Trinajstić information content (AvgIpc) is 2.15. The topological polar surface area (TPSA) is 43.4 Å². The van der Waals surface area contributed by atoms with Crippen molar-refractivity contribution in [2.75, 3.05) is 12.9 Å². The molecule has 1 aromatic rings. The first-order valence-corrected chi connectivity index (χ1v) is 7.04. The third-order valence-corrected chi connectivity index (χ3v) is 3.50. The van der Waals surface area contributed by atoms with Crippen LogP contribution in [0, 0.1) is 0 Å². The first-order chi connectivity index (χ1) is 6.92. The molecule has 0 amide bonds. The highest BCUT2D eigenvalue weighted by atomic mass is 35.7. The maximum absolute atomic E-state index is 10.8. The summed E-state index contributed by atoms with van der Waals surface area (Å²) in [6, 6.07) is 6.90. The summed E-state index contributed by atoms with van der Waals surface area (Å²) < 4.78 is 26.6. The zero-order chi connectivity index (χ0) is 11.5. The van der Waals surface area contributed by atoms with E-state index in [1.54, 1.807) is 24.3 Å². The second-order valence-corrected chi connectivity index (χ2v) is 6.30. The summed E-state index contributed by atoms with van der Waals surface area (Å²) in [4.78, 5) is 0. The highest BCUT2D eigenvalue weighted by Crippen LogP contribution is 2.26. The minimum absolute atomic E-state index is 0.302. The fraction of sp³-hybridized carbons (Fsp3) is 0.333. The van der Waals surface area contributed by atoms with E-state index in [-0.39, 0.29) is 5.75 Å². The van der Waals surface area contributed by atoms with Crippen LogP contribution in [-0.4, -0.2) is 21.3 Å². The Kier molecular flexibility index (Phi) is 4.25. The smallest absolute Gasteiger partial charge is 0.234 e. The molecule has 84 valence electrons. The van der Waals surface area contributed by atoms with Crippen molar-refractivity contribution in [3.63, 3.8) is 0 Å². The summed E-state index contributed by atoms with van der Waals surface area (Å²) in [5.41, 5.74) is 0.667. The molecule has 0 aliphatic carbocycles. The van der Waals surface area contributed by atoms with Crippen LogP contribution in [0.1, 0.15) is 10.9 Å². The number of rotatable bonds is 4. The van der Waals surface area contributed by atoms with Crippen molar-refractivity contribution in [2.24, 2.45) is 0 Å². The van der Waals surface area contributed by atoms with Crippen molar-refractivity contribution < 1.29 is 13.2 Å². The van der Waals surface area contributed by atoms with E-state index in [4.69, 9.17) is 27.0 Å². The average molecular weight is 269 g/mol. The van der Waals surface area contributed by atoms with Crippen LogP contribution in [0.15, 0.2) is 24.3 Å². The second kappa shape index (κ2) is 5.05. The lowest BCUT2D eigenvalue weighted by Gasteiger charge is -2.08. The van der Waals surface area contributed by atoms with Gasteiger partial charge in [-0.05, 0) is 17.7 Å². The molecule has 0 bridgehead atoms. The molecule has 1 rings (SSSR count). The molecule has 0 fully saturated rings. The molecule has 0 spiro atoms. The van der Waals surface area contributed by atoms with Crippen LogP contribution in [0.4, 0.5) is 0 Å². The Morgan fingerprint density at radius 3 is 2.67 bits per heavy atom. The van der Waals surface area contributed by atoms with E-state index in [1.807, 2.05) is 0 Å². The SMILES string of the molecule is COc1cccc(C(Cl)CS(=O)(=O)Cl)c1. The molecule has 15 heavy (non-hydrogen) atoms. The molecule has 1 aromatic carbocycles. The fourth-order valence-electron chi connectivity index (χ4n) is 1.11. The summed E-state index contributed by atoms with van der Waals surface area (Å²) in [5.74, 6) is 0.327. The molecule has 6 heteroatoms. The number of halogens is 2. The Hall–Kier alpha value is -0.450.